The number of ether oxygens (including phenoxy) is 1. The number of hydrogen-bond acceptors (Lipinski definition) is 4. The van der Waals surface area contributed by atoms with Gasteiger partial charge in [-0.2, -0.15) is 0 Å². The van der Waals surface area contributed by atoms with Crippen LogP contribution in [0.15, 0.2) is 41.7 Å². The zero-order valence-corrected chi connectivity index (χ0v) is 16.1. The lowest BCUT2D eigenvalue weighted by Gasteiger charge is -2.16. The van der Waals surface area contributed by atoms with Crippen LogP contribution >= 0.6 is 11.8 Å². The average Bonchev–Trinajstić information content (AvgIpc) is 3.31. The third-order valence-electron chi connectivity index (χ3n) is 4.48. The van der Waals surface area contributed by atoms with Gasteiger partial charge in [0.1, 0.15) is 0 Å². The number of nitrogens with zero attached hydrogens (tertiary/aromatic N) is 2. The molecule has 1 N–H and O–H groups in total. The number of carbonyl (C=O) groups is 1. The van der Waals surface area contributed by atoms with Crippen molar-refractivity contribution in [3.05, 3.63) is 36.5 Å². The summed E-state index contributed by atoms with van der Waals surface area (Å²) in [7, 11) is 0. The van der Waals surface area contributed by atoms with Crippen molar-refractivity contribution in [1.29, 1.82) is 0 Å². The minimum atomic E-state index is 0.0661. The van der Waals surface area contributed by atoms with Gasteiger partial charge in [-0.25, -0.2) is 4.98 Å². The Hall–Kier alpha value is -1.79. The van der Waals surface area contributed by atoms with Gasteiger partial charge in [0.15, 0.2) is 5.16 Å². The van der Waals surface area contributed by atoms with Crippen molar-refractivity contribution in [2.45, 2.75) is 50.4 Å². The van der Waals surface area contributed by atoms with Gasteiger partial charge in [-0.3, -0.25) is 4.79 Å². The van der Waals surface area contributed by atoms with Crippen molar-refractivity contribution in [2.75, 3.05) is 18.9 Å². The first-order chi connectivity index (χ1) is 12.8. The van der Waals surface area contributed by atoms with Gasteiger partial charge >= 0.3 is 0 Å². The topological polar surface area (TPSA) is 56.2 Å². The van der Waals surface area contributed by atoms with Crippen molar-refractivity contribution in [2.24, 2.45) is 0 Å². The summed E-state index contributed by atoms with van der Waals surface area (Å²) < 4.78 is 8.03. The van der Waals surface area contributed by atoms with Gasteiger partial charge in [-0.15, -0.1) is 0 Å². The second kappa shape index (κ2) is 9.78. The standard InChI is InChI=1S/C20H27N3O2S/c1-2-3-11-21-19(24)15-26-20-22-13-18(16-8-5-4-6-9-16)23(20)14-17-10-7-12-25-17/h4-6,8-9,13,17H,2-3,7,10-12,14-15H2,1H3,(H,21,24)/t17-/m1/s1. The number of nitrogens with one attached hydrogen (secondary N) is 1. The quantitative estimate of drug-likeness (QED) is 0.537. The highest BCUT2D eigenvalue weighted by Crippen LogP contribution is 2.28. The van der Waals surface area contributed by atoms with Crippen LogP contribution in [0.3, 0.4) is 0 Å². The fourth-order valence-electron chi connectivity index (χ4n) is 3.07. The average molecular weight is 374 g/mol. The molecule has 1 aliphatic heterocycles. The summed E-state index contributed by atoms with van der Waals surface area (Å²) >= 11 is 1.50. The Balaban J connectivity index is 1.71. The highest BCUT2D eigenvalue weighted by molar-refractivity contribution is 7.99. The predicted octanol–water partition coefficient (Wildman–Crippen LogP) is 3.74. The van der Waals surface area contributed by atoms with Crippen LogP contribution in [-0.2, 0) is 16.1 Å². The molecule has 6 heteroatoms. The van der Waals surface area contributed by atoms with Crippen molar-refractivity contribution < 1.29 is 9.53 Å². The zero-order chi connectivity index (χ0) is 18.2. The summed E-state index contributed by atoms with van der Waals surface area (Å²) in [6.45, 7) is 4.48. The Kier molecular flexibility index (Phi) is 7.14. The molecule has 1 fully saturated rings. The van der Waals surface area contributed by atoms with E-state index in [2.05, 4.69) is 33.9 Å². The number of unbranched alkanes of at least 4 members (excludes halogenated alkanes) is 1. The van der Waals surface area contributed by atoms with Crippen LogP contribution < -0.4 is 5.32 Å². The molecule has 1 atom stereocenters. The Morgan fingerprint density at radius 3 is 2.96 bits per heavy atom. The van der Waals surface area contributed by atoms with Crippen molar-refractivity contribution in [1.82, 2.24) is 14.9 Å². The normalized spacial score (nSPS) is 16.7. The van der Waals surface area contributed by atoms with Gasteiger partial charge in [-0.05, 0) is 24.8 Å². The zero-order valence-electron chi connectivity index (χ0n) is 15.3. The first-order valence-corrected chi connectivity index (χ1v) is 10.4. The number of amides is 1. The Morgan fingerprint density at radius 2 is 2.23 bits per heavy atom. The highest BCUT2D eigenvalue weighted by atomic mass is 32.2. The van der Waals surface area contributed by atoms with E-state index in [1.165, 1.54) is 11.8 Å². The molecule has 26 heavy (non-hydrogen) atoms. The molecule has 1 aromatic heterocycles. The number of carbonyl (C=O) groups excluding carboxylic acids is 1. The monoisotopic (exact) mass is 373 g/mol. The summed E-state index contributed by atoms with van der Waals surface area (Å²) in [6, 6.07) is 10.3. The van der Waals surface area contributed by atoms with E-state index < -0.39 is 0 Å². The number of aromatic nitrogens is 2. The fourth-order valence-corrected chi connectivity index (χ4v) is 3.89. The molecule has 0 bridgehead atoms. The fraction of sp³-hybridized carbons (Fsp3) is 0.500. The summed E-state index contributed by atoms with van der Waals surface area (Å²) in [5, 5.41) is 3.84. The van der Waals surface area contributed by atoms with Crippen LogP contribution in [0.2, 0.25) is 0 Å². The first kappa shape index (κ1) is 19.0. The first-order valence-electron chi connectivity index (χ1n) is 9.40. The lowest BCUT2D eigenvalue weighted by atomic mass is 10.1. The molecule has 5 nitrogen and oxygen atoms in total. The summed E-state index contributed by atoms with van der Waals surface area (Å²) in [5.74, 6) is 0.455. The maximum atomic E-state index is 12.0. The lowest BCUT2D eigenvalue weighted by molar-refractivity contribution is -0.118. The molecule has 0 unspecified atom stereocenters. The minimum Gasteiger partial charge on any atom is -0.376 e. The van der Waals surface area contributed by atoms with Crippen LogP contribution in [0.5, 0.6) is 0 Å². The summed E-state index contributed by atoms with van der Waals surface area (Å²) in [5.41, 5.74) is 2.22. The summed E-state index contributed by atoms with van der Waals surface area (Å²) in [4.78, 5) is 16.6. The number of rotatable bonds is 9. The molecule has 1 saturated heterocycles. The molecular formula is C20H27N3O2S. The molecule has 0 spiro atoms. The molecule has 1 amide bonds. The maximum Gasteiger partial charge on any atom is 0.230 e. The second-order valence-corrected chi connectivity index (χ2v) is 7.47. The summed E-state index contributed by atoms with van der Waals surface area (Å²) in [6.07, 6.45) is 6.42. The Bertz CT molecular complexity index is 696. The van der Waals surface area contributed by atoms with Crippen LogP contribution in [-0.4, -0.2) is 40.5 Å². The number of imidazole rings is 1. The number of benzene rings is 1. The molecule has 2 heterocycles. The SMILES string of the molecule is CCCCNC(=O)CSc1ncc(-c2ccccc2)n1C[C@H]1CCCO1. The predicted molar refractivity (Wildman–Crippen MR) is 105 cm³/mol. The largest absolute Gasteiger partial charge is 0.376 e. The molecule has 0 saturated carbocycles. The maximum absolute atomic E-state index is 12.0. The molecule has 1 aromatic carbocycles. The number of hydrogen-bond donors (Lipinski definition) is 1. The van der Waals surface area contributed by atoms with Gasteiger partial charge in [0.25, 0.3) is 0 Å². The number of thioether (sulfide) groups is 1. The van der Waals surface area contributed by atoms with Crippen LogP contribution in [0.1, 0.15) is 32.6 Å². The minimum absolute atomic E-state index is 0.0661. The smallest absolute Gasteiger partial charge is 0.230 e. The van der Waals surface area contributed by atoms with Crippen molar-refractivity contribution >= 4 is 17.7 Å². The van der Waals surface area contributed by atoms with Gasteiger partial charge < -0.3 is 14.6 Å². The Morgan fingerprint density at radius 1 is 1.38 bits per heavy atom. The van der Waals surface area contributed by atoms with E-state index in [1.54, 1.807) is 0 Å². The third-order valence-corrected chi connectivity index (χ3v) is 5.47. The van der Waals surface area contributed by atoms with Crippen molar-refractivity contribution in [3.8, 4) is 11.3 Å². The van der Waals surface area contributed by atoms with Gasteiger partial charge in [0, 0.05) is 13.2 Å². The van der Waals surface area contributed by atoms with Crippen LogP contribution in [0, 0.1) is 0 Å². The van der Waals surface area contributed by atoms with E-state index in [4.69, 9.17) is 4.74 Å². The molecule has 0 radical (unpaired) electrons. The second-order valence-electron chi connectivity index (χ2n) is 6.53. The third kappa shape index (κ3) is 5.11. The van der Waals surface area contributed by atoms with Crippen LogP contribution in [0.4, 0.5) is 0 Å². The lowest BCUT2D eigenvalue weighted by Crippen LogP contribution is -2.26. The van der Waals surface area contributed by atoms with Gasteiger partial charge in [0.2, 0.25) is 5.91 Å². The van der Waals surface area contributed by atoms with E-state index in [0.717, 1.165) is 61.8 Å². The van der Waals surface area contributed by atoms with E-state index >= 15 is 0 Å². The molecular weight excluding hydrogens is 346 g/mol. The van der Waals surface area contributed by atoms with E-state index in [0.29, 0.717) is 5.75 Å². The van der Waals surface area contributed by atoms with E-state index in [1.807, 2.05) is 24.4 Å². The van der Waals surface area contributed by atoms with Gasteiger partial charge in [0.05, 0.1) is 30.3 Å². The highest BCUT2D eigenvalue weighted by Gasteiger charge is 2.21. The van der Waals surface area contributed by atoms with E-state index in [9.17, 15) is 4.79 Å². The molecule has 1 aliphatic rings. The molecule has 140 valence electrons. The van der Waals surface area contributed by atoms with Gasteiger partial charge in [-0.1, -0.05) is 55.4 Å². The Labute approximate surface area is 159 Å². The van der Waals surface area contributed by atoms with Crippen LogP contribution in [0.25, 0.3) is 11.3 Å². The van der Waals surface area contributed by atoms with Crippen molar-refractivity contribution in [3.63, 3.8) is 0 Å². The molecule has 0 aliphatic carbocycles. The molecule has 3 rings (SSSR count). The van der Waals surface area contributed by atoms with E-state index in [-0.39, 0.29) is 12.0 Å². The molecule has 2 aromatic rings.